The van der Waals surface area contributed by atoms with Gasteiger partial charge in [-0.1, -0.05) is 121 Å². The van der Waals surface area contributed by atoms with Gasteiger partial charge in [-0.15, -0.1) is 6.42 Å². The van der Waals surface area contributed by atoms with Crippen LogP contribution in [0.5, 0.6) is 0 Å². The third-order valence-electron chi connectivity index (χ3n) is 5.14. The zero-order valence-electron chi connectivity index (χ0n) is 16.0. The summed E-state index contributed by atoms with van der Waals surface area (Å²) in [5, 5.41) is 1.55. The average molecular weight is 392 g/mol. The molecule has 0 spiro atoms. The van der Waals surface area contributed by atoms with Crippen molar-refractivity contribution in [3.63, 3.8) is 0 Å². The molecule has 2 heteroatoms. The molecule has 0 amide bonds. The second kappa shape index (κ2) is 8.36. The first-order chi connectivity index (χ1) is 14.2. The van der Waals surface area contributed by atoms with E-state index < -0.39 is 12.8 Å². The molecule has 1 atom stereocenters. The molecule has 0 aliphatic rings. The molecule has 0 saturated heterocycles. The van der Waals surface area contributed by atoms with Gasteiger partial charge in [0.2, 0.25) is 0 Å². The standard InChI is InChI=1S/C27H21OP/c1-2-27(26-21-13-12-20-25(26)22-14-6-3-7-15-22)29(28,23-16-8-4-9-17-23)24-18-10-5-11-19-24/h1,3-21,27H. The highest BCUT2D eigenvalue weighted by Crippen LogP contribution is 2.58. The van der Waals surface area contributed by atoms with Crippen LogP contribution in [-0.2, 0) is 4.57 Å². The van der Waals surface area contributed by atoms with E-state index in [2.05, 4.69) is 24.1 Å². The predicted molar refractivity (Wildman–Crippen MR) is 123 cm³/mol. The fraction of sp³-hybridized carbons (Fsp3) is 0.0370. The van der Waals surface area contributed by atoms with Crippen molar-refractivity contribution in [3.05, 3.63) is 121 Å². The molecule has 1 nitrogen and oxygen atoms in total. The largest absolute Gasteiger partial charge is 0.312 e. The Morgan fingerprint density at radius 2 is 1.07 bits per heavy atom. The van der Waals surface area contributed by atoms with E-state index in [4.69, 9.17) is 6.42 Å². The molecule has 0 heterocycles. The Morgan fingerprint density at radius 1 is 0.621 bits per heavy atom. The molecular weight excluding hydrogens is 371 g/mol. The summed E-state index contributed by atoms with van der Waals surface area (Å²) < 4.78 is 14.8. The van der Waals surface area contributed by atoms with E-state index in [1.54, 1.807) is 0 Å². The number of hydrogen-bond donors (Lipinski definition) is 0. The lowest BCUT2D eigenvalue weighted by atomic mass is 9.98. The molecular formula is C27H21OP. The molecule has 0 bridgehead atoms. The molecule has 4 aromatic rings. The molecule has 4 aromatic carbocycles. The Bertz CT molecular complexity index is 1130. The summed E-state index contributed by atoms with van der Waals surface area (Å²) in [6, 6.07) is 37.3. The van der Waals surface area contributed by atoms with Crippen molar-refractivity contribution < 1.29 is 4.57 Å². The van der Waals surface area contributed by atoms with Crippen LogP contribution in [0.1, 0.15) is 11.2 Å². The van der Waals surface area contributed by atoms with Crippen LogP contribution in [0.2, 0.25) is 0 Å². The van der Waals surface area contributed by atoms with Gasteiger partial charge < -0.3 is 4.57 Å². The van der Waals surface area contributed by atoms with E-state index >= 15 is 0 Å². The third-order valence-corrected chi connectivity index (χ3v) is 8.43. The zero-order chi connectivity index (χ0) is 20.1. The summed E-state index contributed by atoms with van der Waals surface area (Å²) in [4.78, 5) is 0. The quantitative estimate of drug-likeness (QED) is 0.299. The van der Waals surface area contributed by atoms with Crippen molar-refractivity contribution in [2.45, 2.75) is 5.66 Å². The Balaban J connectivity index is 1.97. The van der Waals surface area contributed by atoms with Crippen LogP contribution >= 0.6 is 7.14 Å². The fourth-order valence-corrected chi connectivity index (χ4v) is 6.70. The number of hydrogen-bond acceptors (Lipinski definition) is 1. The van der Waals surface area contributed by atoms with Gasteiger partial charge in [-0.05, 0) is 16.7 Å². The van der Waals surface area contributed by atoms with Crippen LogP contribution in [-0.4, -0.2) is 0 Å². The Kier molecular flexibility index (Phi) is 5.48. The second-order valence-corrected chi connectivity index (χ2v) is 9.72. The average Bonchev–Trinajstić information content (AvgIpc) is 2.81. The third kappa shape index (κ3) is 3.56. The maximum absolute atomic E-state index is 14.8. The minimum absolute atomic E-state index is 0.566. The summed E-state index contributed by atoms with van der Waals surface area (Å²) in [5.74, 6) is 2.90. The topological polar surface area (TPSA) is 17.1 Å². The van der Waals surface area contributed by atoms with Gasteiger partial charge in [-0.3, -0.25) is 0 Å². The van der Waals surface area contributed by atoms with E-state index in [9.17, 15) is 4.57 Å². The summed E-state index contributed by atoms with van der Waals surface area (Å²) in [6.45, 7) is 0. The van der Waals surface area contributed by atoms with Gasteiger partial charge in [-0.2, -0.15) is 0 Å². The first-order valence-corrected chi connectivity index (χ1v) is 11.3. The van der Waals surface area contributed by atoms with Crippen molar-refractivity contribution in [1.82, 2.24) is 0 Å². The van der Waals surface area contributed by atoms with Gasteiger partial charge in [-0.25, -0.2) is 0 Å². The van der Waals surface area contributed by atoms with Crippen LogP contribution in [0.4, 0.5) is 0 Å². The molecule has 0 aliphatic carbocycles. The lowest BCUT2D eigenvalue weighted by molar-refractivity contribution is 0.584. The van der Waals surface area contributed by atoms with Gasteiger partial charge in [0.15, 0.2) is 7.14 Å². The molecule has 0 aliphatic heterocycles. The smallest absolute Gasteiger partial charge is 0.161 e. The van der Waals surface area contributed by atoms with Crippen molar-refractivity contribution in [3.8, 4) is 23.5 Å². The monoisotopic (exact) mass is 392 g/mol. The minimum Gasteiger partial charge on any atom is -0.312 e. The Hall–Kier alpha value is -3.33. The highest BCUT2D eigenvalue weighted by molar-refractivity contribution is 7.79. The number of benzene rings is 4. The van der Waals surface area contributed by atoms with Crippen LogP contribution in [0, 0.1) is 12.3 Å². The zero-order valence-corrected chi connectivity index (χ0v) is 16.9. The number of terminal acetylenes is 1. The molecule has 0 N–H and O–H groups in total. The fourth-order valence-electron chi connectivity index (χ4n) is 3.75. The van der Waals surface area contributed by atoms with E-state index in [1.807, 2.05) is 97.1 Å². The van der Waals surface area contributed by atoms with Gasteiger partial charge in [0.25, 0.3) is 0 Å². The van der Waals surface area contributed by atoms with Gasteiger partial charge in [0.1, 0.15) is 5.66 Å². The van der Waals surface area contributed by atoms with Gasteiger partial charge >= 0.3 is 0 Å². The molecule has 4 rings (SSSR count). The predicted octanol–water partition coefficient (Wildman–Crippen LogP) is 6.04. The summed E-state index contributed by atoms with van der Waals surface area (Å²) in [7, 11) is -3.14. The lowest BCUT2D eigenvalue weighted by Gasteiger charge is -2.27. The molecule has 0 aromatic heterocycles. The van der Waals surface area contributed by atoms with Crippen molar-refractivity contribution in [1.29, 1.82) is 0 Å². The first kappa shape index (κ1) is 19.0. The van der Waals surface area contributed by atoms with Crippen LogP contribution in [0.3, 0.4) is 0 Å². The molecule has 0 saturated carbocycles. The summed E-state index contributed by atoms with van der Waals surface area (Å²) in [5.41, 5.74) is 2.43. The van der Waals surface area contributed by atoms with Crippen LogP contribution < -0.4 is 10.6 Å². The first-order valence-electron chi connectivity index (χ1n) is 9.56. The summed E-state index contributed by atoms with van der Waals surface area (Å²) in [6.07, 6.45) is 6.09. The molecule has 140 valence electrons. The molecule has 0 radical (unpaired) electrons. The highest BCUT2D eigenvalue weighted by atomic mass is 31.2. The van der Waals surface area contributed by atoms with Gasteiger partial charge in [0.05, 0.1) is 0 Å². The number of rotatable bonds is 5. The second-order valence-electron chi connectivity index (χ2n) is 6.85. The normalized spacial score (nSPS) is 12.1. The van der Waals surface area contributed by atoms with E-state index in [0.29, 0.717) is 0 Å². The van der Waals surface area contributed by atoms with E-state index in [-0.39, 0.29) is 0 Å². The van der Waals surface area contributed by atoms with Crippen LogP contribution in [0.25, 0.3) is 11.1 Å². The van der Waals surface area contributed by atoms with Crippen molar-refractivity contribution in [2.75, 3.05) is 0 Å². The molecule has 29 heavy (non-hydrogen) atoms. The molecule has 0 fully saturated rings. The Morgan fingerprint density at radius 3 is 1.59 bits per heavy atom. The minimum atomic E-state index is -3.14. The van der Waals surface area contributed by atoms with Crippen molar-refractivity contribution in [2.24, 2.45) is 0 Å². The SMILES string of the molecule is C#CC(c1ccccc1-c1ccccc1)P(=O)(c1ccccc1)c1ccccc1. The summed E-state index contributed by atoms with van der Waals surface area (Å²) >= 11 is 0. The highest BCUT2D eigenvalue weighted by Gasteiger charge is 2.37. The van der Waals surface area contributed by atoms with Crippen molar-refractivity contribution >= 4 is 17.8 Å². The Labute approximate surface area is 172 Å². The van der Waals surface area contributed by atoms with Gasteiger partial charge in [0, 0.05) is 10.6 Å². The maximum atomic E-state index is 14.8. The maximum Gasteiger partial charge on any atom is 0.161 e. The molecule has 1 unspecified atom stereocenters. The lowest BCUT2D eigenvalue weighted by Crippen LogP contribution is -2.21. The van der Waals surface area contributed by atoms with Crippen LogP contribution in [0.15, 0.2) is 115 Å². The van der Waals surface area contributed by atoms with E-state index in [1.165, 1.54) is 0 Å². The van der Waals surface area contributed by atoms with E-state index in [0.717, 1.165) is 27.3 Å².